The smallest absolute Gasteiger partial charge is 0.335 e. The summed E-state index contributed by atoms with van der Waals surface area (Å²) >= 11 is 0. The second kappa shape index (κ2) is 6.28. The molecule has 0 radical (unpaired) electrons. The highest BCUT2D eigenvalue weighted by Crippen LogP contribution is 2.35. The van der Waals surface area contributed by atoms with Gasteiger partial charge in [0.2, 0.25) is 0 Å². The Labute approximate surface area is 122 Å². The van der Waals surface area contributed by atoms with Gasteiger partial charge in [0, 0.05) is 12.1 Å². The molecule has 2 aromatic carbocycles. The first kappa shape index (κ1) is 14.9. The number of carboxylic acid groups (broad SMARTS) is 1. The molecular weight excluding hydrogens is 270 g/mol. The van der Waals surface area contributed by atoms with E-state index in [-0.39, 0.29) is 12.1 Å². The molecule has 3 N–H and O–H groups in total. The van der Waals surface area contributed by atoms with Crippen LogP contribution < -0.4 is 15.2 Å². The van der Waals surface area contributed by atoms with E-state index in [2.05, 4.69) is 0 Å². The van der Waals surface area contributed by atoms with Gasteiger partial charge in [-0.2, -0.15) is 0 Å². The van der Waals surface area contributed by atoms with E-state index in [0.29, 0.717) is 11.5 Å². The SMILES string of the molecule is COc1ccc(OC)c(-c2ccc(C(=O)O)cc2CN)c1. The number of aromatic carboxylic acids is 1. The van der Waals surface area contributed by atoms with E-state index in [4.69, 9.17) is 20.3 Å². The minimum atomic E-state index is -0.978. The Bertz CT molecular complexity index is 667. The van der Waals surface area contributed by atoms with Crippen LogP contribution in [0.4, 0.5) is 0 Å². The molecule has 110 valence electrons. The van der Waals surface area contributed by atoms with Gasteiger partial charge in [0.1, 0.15) is 11.5 Å². The zero-order valence-corrected chi connectivity index (χ0v) is 11.9. The molecule has 5 heteroatoms. The number of hydrogen-bond acceptors (Lipinski definition) is 4. The van der Waals surface area contributed by atoms with Gasteiger partial charge in [0.05, 0.1) is 19.8 Å². The molecule has 0 atom stereocenters. The zero-order valence-electron chi connectivity index (χ0n) is 11.9. The van der Waals surface area contributed by atoms with Gasteiger partial charge < -0.3 is 20.3 Å². The van der Waals surface area contributed by atoms with Crippen molar-refractivity contribution in [2.75, 3.05) is 14.2 Å². The molecule has 0 spiro atoms. The normalized spacial score (nSPS) is 10.2. The Balaban J connectivity index is 2.62. The molecule has 2 aromatic rings. The third-order valence-corrected chi connectivity index (χ3v) is 3.27. The number of nitrogens with two attached hydrogens (primary N) is 1. The van der Waals surface area contributed by atoms with Gasteiger partial charge in [0.15, 0.2) is 0 Å². The van der Waals surface area contributed by atoms with Crippen molar-refractivity contribution in [3.05, 3.63) is 47.5 Å². The van der Waals surface area contributed by atoms with Crippen LogP contribution in [0.15, 0.2) is 36.4 Å². The summed E-state index contributed by atoms with van der Waals surface area (Å²) in [5.74, 6) is 0.388. The molecule has 0 aliphatic rings. The summed E-state index contributed by atoms with van der Waals surface area (Å²) in [6, 6.07) is 10.3. The molecule has 0 unspecified atom stereocenters. The standard InChI is InChI=1S/C16H17NO4/c1-20-12-4-6-15(21-2)14(8-12)13-5-3-10(16(18)19)7-11(13)9-17/h3-8H,9,17H2,1-2H3,(H,18,19). The molecule has 0 fully saturated rings. The predicted molar refractivity (Wildman–Crippen MR) is 79.8 cm³/mol. The van der Waals surface area contributed by atoms with Crippen LogP contribution in [-0.4, -0.2) is 25.3 Å². The zero-order chi connectivity index (χ0) is 15.4. The number of benzene rings is 2. The molecule has 0 saturated heterocycles. The van der Waals surface area contributed by atoms with Crippen molar-refractivity contribution in [3.63, 3.8) is 0 Å². The van der Waals surface area contributed by atoms with Gasteiger partial charge in [-0.15, -0.1) is 0 Å². The third kappa shape index (κ3) is 2.98. The van der Waals surface area contributed by atoms with E-state index in [9.17, 15) is 4.79 Å². The molecule has 0 saturated carbocycles. The number of rotatable bonds is 5. The van der Waals surface area contributed by atoms with Crippen molar-refractivity contribution in [1.29, 1.82) is 0 Å². The molecule has 2 rings (SSSR count). The van der Waals surface area contributed by atoms with Crippen molar-refractivity contribution in [1.82, 2.24) is 0 Å². The maximum Gasteiger partial charge on any atom is 0.335 e. The minimum Gasteiger partial charge on any atom is -0.497 e. The Hall–Kier alpha value is -2.53. The number of carbonyl (C=O) groups is 1. The molecule has 0 heterocycles. The number of hydrogen-bond donors (Lipinski definition) is 2. The Morgan fingerprint density at radius 3 is 2.43 bits per heavy atom. The molecule has 0 aromatic heterocycles. The van der Waals surface area contributed by atoms with Crippen molar-refractivity contribution in [3.8, 4) is 22.6 Å². The van der Waals surface area contributed by atoms with Crippen LogP contribution >= 0.6 is 0 Å². The van der Waals surface area contributed by atoms with Gasteiger partial charge in [0.25, 0.3) is 0 Å². The van der Waals surface area contributed by atoms with Crippen molar-refractivity contribution >= 4 is 5.97 Å². The number of ether oxygens (including phenoxy) is 2. The first-order valence-corrected chi connectivity index (χ1v) is 6.39. The molecular formula is C16H17NO4. The van der Waals surface area contributed by atoms with E-state index in [0.717, 1.165) is 16.7 Å². The predicted octanol–water partition coefficient (Wildman–Crippen LogP) is 2.53. The Morgan fingerprint density at radius 2 is 1.86 bits per heavy atom. The van der Waals surface area contributed by atoms with E-state index in [1.807, 2.05) is 6.07 Å². The van der Waals surface area contributed by atoms with E-state index in [1.54, 1.807) is 44.6 Å². The summed E-state index contributed by atoms with van der Waals surface area (Å²) in [4.78, 5) is 11.1. The minimum absolute atomic E-state index is 0.209. The van der Waals surface area contributed by atoms with Gasteiger partial charge in [-0.25, -0.2) is 4.79 Å². The number of carboxylic acids is 1. The van der Waals surface area contributed by atoms with Gasteiger partial charge in [-0.05, 0) is 41.5 Å². The van der Waals surface area contributed by atoms with Crippen LogP contribution in [0.2, 0.25) is 0 Å². The first-order chi connectivity index (χ1) is 10.1. The summed E-state index contributed by atoms with van der Waals surface area (Å²) in [5.41, 5.74) is 8.35. The lowest BCUT2D eigenvalue weighted by atomic mass is 9.96. The van der Waals surface area contributed by atoms with Crippen LogP contribution in [0, 0.1) is 0 Å². The molecule has 0 amide bonds. The monoisotopic (exact) mass is 287 g/mol. The highest BCUT2D eigenvalue weighted by molar-refractivity contribution is 5.89. The Morgan fingerprint density at radius 1 is 1.10 bits per heavy atom. The van der Waals surface area contributed by atoms with Crippen molar-refractivity contribution < 1.29 is 19.4 Å². The fourth-order valence-electron chi connectivity index (χ4n) is 2.18. The summed E-state index contributed by atoms with van der Waals surface area (Å²) in [6.45, 7) is 0.233. The fourth-order valence-corrected chi connectivity index (χ4v) is 2.18. The van der Waals surface area contributed by atoms with Crippen LogP contribution in [0.5, 0.6) is 11.5 Å². The van der Waals surface area contributed by atoms with Gasteiger partial charge in [-0.1, -0.05) is 6.07 Å². The maximum atomic E-state index is 11.1. The van der Waals surface area contributed by atoms with Crippen molar-refractivity contribution in [2.24, 2.45) is 5.73 Å². The van der Waals surface area contributed by atoms with Crippen LogP contribution in [-0.2, 0) is 6.54 Å². The van der Waals surface area contributed by atoms with E-state index < -0.39 is 5.97 Å². The molecule has 0 aliphatic carbocycles. The molecule has 5 nitrogen and oxygen atoms in total. The lowest BCUT2D eigenvalue weighted by molar-refractivity contribution is 0.0697. The number of methoxy groups -OCH3 is 2. The highest BCUT2D eigenvalue weighted by atomic mass is 16.5. The van der Waals surface area contributed by atoms with Crippen LogP contribution in [0.25, 0.3) is 11.1 Å². The summed E-state index contributed by atoms with van der Waals surface area (Å²) in [7, 11) is 3.17. The average Bonchev–Trinajstić information content (AvgIpc) is 2.53. The largest absolute Gasteiger partial charge is 0.497 e. The highest BCUT2D eigenvalue weighted by Gasteiger charge is 2.13. The van der Waals surface area contributed by atoms with Crippen molar-refractivity contribution in [2.45, 2.75) is 6.54 Å². The van der Waals surface area contributed by atoms with Gasteiger partial charge in [-0.3, -0.25) is 0 Å². The van der Waals surface area contributed by atoms with E-state index in [1.165, 1.54) is 0 Å². The second-order valence-electron chi connectivity index (χ2n) is 4.45. The summed E-state index contributed by atoms with van der Waals surface area (Å²) in [5, 5.41) is 9.06. The molecule has 21 heavy (non-hydrogen) atoms. The molecule has 0 bridgehead atoms. The van der Waals surface area contributed by atoms with E-state index >= 15 is 0 Å². The summed E-state index contributed by atoms with van der Waals surface area (Å²) < 4.78 is 10.6. The van der Waals surface area contributed by atoms with Crippen LogP contribution in [0.3, 0.4) is 0 Å². The van der Waals surface area contributed by atoms with Gasteiger partial charge >= 0.3 is 5.97 Å². The Kier molecular flexibility index (Phi) is 4.45. The summed E-state index contributed by atoms with van der Waals surface area (Å²) in [6.07, 6.45) is 0. The fraction of sp³-hybridized carbons (Fsp3) is 0.188. The lowest BCUT2D eigenvalue weighted by Gasteiger charge is -2.14. The third-order valence-electron chi connectivity index (χ3n) is 3.27. The molecule has 0 aliphatic heterocycles. The topological polar surface area (TPSA) is 81.8 Å². The lowest BCUT2D eigenvalue weighted by Crippen LogP contribution is -2.04. The first-order valence-electron chi connectivity index (χ1n) is 6.39. The average molecular weight is 287 g/mol. The van der Waals surface area contributed by atoms with Crippen LogP contribution in [0.1, 0.15) is 15.9 Å². The maximum absolute atomic E-state index is 11.1. The quantitative estimate of drug-likeness (QED) is 0.883. The second-order valence-corrected chi connectivity index (χ2v) is 4.45.